The number of aryl methyl sites for hydroxylation is 2. The van der Waals surface area contributed by atoms with Gasteiger partial charge in [0.25, 0.3) is 5.89 Å². The van der Waals surface area contributed by atoms with E-state index >= 15 is 0 Å². The summed E-state index contributed by atoms with van der Waals surface area (Å²) in [5.74, 6) is 0.974. The first kappa shape index (κ1) is 20.1. The van der Waals surface area contributed by atoms with Crippen molar-refractivity contribution in [2.24, 2.45) is 5.92 Å². The highest BCUT2D eigenvalue weighted by molar-refractivity contribution is 5.94. The molecule has 2 heterocycles. The quantitative estimate of drug-likeness (QED) is 0.624. The molecule has 3 aromatic rings. The Bertz CT molecular complexity index is 1030. The Morgan fingerprint density at radius 2 is 1.97 bits per heavy atom. The summed E-state index contributed by atoms with van der Waals surface area (Å²) in [5.41, 5.74) is 3.51. The van der Waals surface area contributed by atoms with Crippen molar-refractivity contribution in [2.45, 2.75) is 33.2 Å². The Labute approximate surface area is 175 Å². The number of hydrogen-bond acceptors (Lipinski definition) is 6. The average Bonchev–Trinajstić information content (AvgIpc) is 3.20. The van der Waals surface area contributed by atoms with Gasteiger partial charge in [0.05, 0.1) is 18.2 Å². The van der Waals surface area contributed by atoms with Gasteiger partial charge < -0.3 is 14.9 Å². The minimum absolute atomic E-state index is 0.0749. The number of rotatable bonds is 5. The molecule has 1 atom stereocenters. The Hall–Kier alpha value is -3.19. The van der Waals surface area contributed by atoms with E-state index < -0.39 is 0 Å². The van der Waals surface area contributed by atoms with Crippen LogP contribution < -0.4 is 5.32 Å². The molecule has 0 radical (unpaired) electrons. The maximum absolute atomic E-state index is 12.7. The van der Waals surface area contributed by atoms with Crippen LogP contribution in [0.25, 0.3) is 11.5 Å². The molecule has 0 aliphatic carbocycles. The summed E-state index contributed by atoms with van der Waals surface area (Å²) in [6.07, 6.45) is 1.73. The van der Waals surface area contributed by atoms with Crippen LogP contribution in [0.2, 0.25) is 0 Å². The van der Waals surface area contributed by atoms with Crippen molar-refractivity contribution in [2.75, 3.05) is 18.4 Å². The lowest BCUT2D eigenvalue weighted by atomic mass is 9.97. The van der Waals surface area contributed by atoms with E-state index in [9.17, 15) is 9.90 Å². The fourth-order valence-corrected chi connectivity index (χ4v) is 3.73. The highest BCUT2D eigenvalue weighted by Gasteiger charge is 2.27. The number of likely N-dealkylation sites (tertiary alicyclic amines) is 1. The average molecular weight is 406 g/mol. The lowest BCUT2D eigenvalue weighted by Crippen LogP contribution is -2.40. The first-order valence-corrected chi connectivity index (χ1v) is 10.2. The summed E-state index contributed by atoms with van der Waals surface area (Å²) in [4.78, 5) is 19.4. The summed E-state index contributed by atoms with van der Waals surface area (Å²) in [6.45, 7) is 6.00. The second-order valence-electron chi connectivity index (χ2n) is 7.97. The lowest BCUT2D eigenvalue weighted by molar-refractivity contribution is -0.121. The van der Waals surface area contributed by atoms with Crippen molar-refractivity contribution in [3.63, 3.8) is 0 Å². The minimum atomic E-state index is -0.151. The fourth-order valence-electron chi connectivity index (χ4n) is 3.73. The number of amides is 1. The number of phenolic OH excluding ortho intramolecular Hbond substituents is 1. The number of hydrogen-bond donors (Lipinski definition) is 2. The molecule has 1 fully saturated rings. The Morgan fingerprint density at radius 1 is 1.20 bits per heavy atom. The van der Waals surface area contributed by atoms with Gasteiger partial charge in [-0.15, -0.1) is 0 Å². The van der Waals surface area contributed by atoms with E-state index in [-0.39, 0.29) is 17.6 Å². The number of nitrogens with zero attached hydrogens (tertiary/aromatic N) is 3. The molecule has 0 spiro atoms. The second-order valence-corrected chi connectivity index (χ2v) is 7.97. The van der Waals surface area contributed by atoms with Crippen LogP contribution in [0.4, 0.5) is 5.69 Å². The molecular weight excluding hydrogens is 380 g/mol. The molecule has 1 amide bonds. The van der Waals surface area contributed by atoms with E-state index in [2.05, 4.69) is 20.4 Å². The molecule has 156 valence electrons. The minimum Gasteiger partial charge on any atom is -0.506 e. The summed E-state index contributed by atoms with van der Waals surface area (Å²) < 4.78 is 5.41. The van der Waals surface area contributed by atoms with Gasteiger partial charge >= 0.3 is 0 Å². The Kier molecular flexibility index (Phi) is 5.81. The van der Waals surface area contributed by atoms with Crippen LogP contribution in [-0.4, -0.2) is 39.1 Å². The molecule has 1 aliphatic rings. The summed E-state index contributed by atoms with van der Waals surface area (Å²) >= 11 is 0. The molecule has 1 aliphatic heterocycles. The maximum Gasteiger partial charge on any atom is 0.257 e. The van der Waals surface area contributed by atoms with Gasteiger partial charge in [-0.2, -0.15) is 4.98 Å². The predicted molar refractivity (Wildman–Crippen MR) is 114 cm³/mol. The van der Waals surface area contributed by atoms with Crippen molar-refractivity contribution in [1.82, 2.24) is 15.0 Å². The zero-order valence-electron chi connectivity index (χ0n) is 17.3. The van der Waals surface area contributed by atoms with Gasteiger partial charge in [-0.3, -0.25) is 9.69 Å². The van der Waals surface area contributed by atoms with E-state index in [1.807, 2.05) is 44.2 Å². The molecular formula is C23H26N4O3. The van der Waals surface area contributed by atoms with Crippen LogP contribution >= 0.6 is 0 Å². The van der Waals surface area contributed by atoms with Crippen LogP contribution in [-0.2, 0) is 11.3 Å². The number of aromatic hydroxyl groups is 1. The van der Waals surface area contributed by atoms with Gasteiger partial charge in [0.15, 0.2) is 5.82 Å². The summed E-state index contributed by atoms with van der Waals surface area (Å²) in [5, 5.41) is 17.0. The predicted octanol–water partition coefficient (Wildman–Crippen LogP) is 3.91. The van der Waals surface area contributed by atoms with Crippen LogP contribution in [0.1, 0.15) is 29.8 Å². The second kappa shape index (κ2) is 8.67. The number of anilines is 1. The molecule has 30 heavy (non-hydrogen) atoms. The van der Waals surface area contributed by atoms with Crippen molar-refractivity contribution < 1.29 is 14.4 Å². The van der Waals surface area contributed by atoms with Crippen molar-refractivity contribution in [1.29, 1.82) is 0 Å². The van der Waals surface area contributed by atoms with Crippen LogP contribution in [0.5, 0.6) is 5.75 Å². The van der Waals surface area contributed by atoms with E-state index in [4.69, 9.17) is 4.52 Å². The zero-order chi connectivity index (χ0) is 21.1. The summed E-state index contributed by atoms with van der Waals surface area (Å²) in [7, 11) is 0. The maximum atomic E-state index is 12.7. The normalized spacial score (nSPS) is 17.1. The SMILES string of the molecule is Cc1ccc(-c2nc(CN3CCC[C@@H](C(=O)Nc4cc(C)ccc4O)C3)no2)cc1. The number of nitrogens with one attached hydrogen (secondary N) is 1. The first-order valence-electron chi connectivity index (χ1n) is 10.2. The molecule has 1 aromatic heterocycles. The topological polar surface area (TPSA) is 91.5 Å². The molecule has 0 saturated carbocycles. The van der Waals surface area contributed by atoms with Gasteiger partial charge in [-0.1, -0.05) is 28.9 Å². The van der Waals surface area contributed by atoms with E-state index in [1.165, 1.54) is 5.56 Å². The number of carbonyl (C=O) groups excluding carboxylic acids is 1. The summed E-state index contributed by atoms with van der Waals surface area (Å²) in [6, 6.07) is 13.1. The lowest BCUT2D eigenvalue weighted by Gasteiger charge is -2.31. The van der Waals surface area contributed by atoms with Crippen LogP contribution in [0.3, 0.4) is 0 Å². The van der Waals surface area contributed by atoms with Gasteiger partial charge in [0, 0.05) is 12.1 Å². The van der Waals surface area contributed by atoms with Crippen molar-refractivity contribution in [3.05, 3.63) is 59.4 Å². The third-order valence-corrected chi connectivity index (χ3v) is 5.42. The van der Waals surface area contributed by atoms with E-state index in [0.29, 0.717) is 30.5 Å². The van der Waals surface area contributed by atoms with Gasteiger partial charge in [0.2, 0.25) is 5.91 Å². The largest absolute Gasteiger partial charge is 0.506 e. The zero-order valence-corrected chi connectivity index (χ0v) is 17.3. The highest BCUT2D eigenvalue weighted by Crippen LogP contribution is 2.26. The number of aromatic nitrogens is 2. The van der Waals surface area contributed by atoms with Crippen molar-refractivity contribution in [3.8, 4) is 17.2 Å². The van der Waals surface area contributed by atoms with Crippen molar-refractivity contribution >= 4 is 11.6 Å². The number of benzene rings is 2. The standard InChI is InChI=1S/C23H26N4O3/c1-15-5-8-17(9-6-15)23-25-21(26-30-23)14-27-11-3-4-18(13-27)22(29)24-19-12-16(2)7-10-20(19)28/h5-10,12,18,28H,3-4,11,13-14H2,1-2H3,(H,24,29)/t18-/m1/s1. The van der Waals surface area contributed by atoms with Gasteiger partial charge in [0.1, 0.15) is 5.75 Å². The number of phenols is 1. The van der Waals surface area contributed by atoms with E-state index in [1.54, 1.807) is 12.1 Å². The third kappa shape index (κ3) is 4.68. The molecule has 2 aromatic carbocycles. The van der Waals surface area contributed by atoms with Crippen LogP contribution in [0, 0.1) is 19.8 Å². The molecule has 0 unspecified atom stereocenters. The molecule has 7 nitrogen and oxygen atoms in total. The molecule has 2 N–H and O–H groups in total. The molecule has 7 heteroatoms. The van der Waals surface area contributed by atoms with Crippen LogP contribution in [0.15, 0.2) is 47.0 Å². The number of piperidine rings is 1. The van der Waals surface area contributed by atoms with Gasteiger partial charge in [-0.05, 0) is 63.1 Å². The highest BCUT2D eigenvalue weighted by atomic mass is 16.5. The fraction of sp³-hybridized carbons (Fsp3) is 0.348. The molecule has 0 bridgehead atoms. The molecule has 4 rings (SSSR count). The monoisotopic (exact) mass is 406 g/mol. The number of carbonyl (C=O) groups is 1. The van der Waals surface area contributed by atoms with E-state index in [0.717, 1.165) is 30.5 Å². The Morgan fingerprint density at radius 3 is 2.77 bits per heavy atom. The van der Waals surface area contributed by atoms with Gasteiger partial charge in [-0.25, -0.2) is 0 Å². The first-order chi connectivity index (χ1) is 14.5. The third-order valence-electron chi connectivity index (χ3n) is 5.42. The molecule has 1 saturated heterocycles. The smallest absolute Gasteiger partial charge is 0.257 e. The Balaban J connectivity index is 1.38.